The van der Waals surface area contributed by atoms with E-state index in [-0.39, 0.29) is 11.7 Å². The summed E-state index contributed by atoms with van der Waals surface area (Å²) in [5.41, 5.74) is 0. The van der Waals surface area contributed by atoms with Crippen LogP contribution in [0.4, 0.5) is 0 Å². The maximum Gasteiger partial charge on any atom is 0.315 e. The zero-order valence-electron chi connectivity index (χ0n) is 24.0. The number of carbonyl (C=O) groups is 1. The van der Waals surface area contributed by atoms with Gasteiger partial charge in [-0.05, 0) is 6.42 Å². The van der Waals surface area contributed by atoms with Crippen LogP contribution in [0.25, 0.3) is 0 Å². The monoisotopic (exact) mass is 512 g/mol. The van der Waals surface area contributed by atoms with Gasteiger partial charge in [0.2, 0.25) is 0 Å². The van der Waals surface area contributed by atoms with Crippen LogP contribution in [-0.2, 0) is 9.53 Å². The Bertz CT molecular complexity index is 399. The minimum Gasteiger partial charge on any atom is -0.465 e. The second-order valence-corrected chi connectivity index (χ2v) is 11.2. The lowest BCUT2D eigenvalue weighted by atomic mass is 10.0. The Kier molecular flexibility index (Phi) is 31.7. The molecule has 0 aliphatic carbocycles. The molecule has 0 rings (SSSR count). The molecule has 0 aliphatic heterocycles. The van der Waals surface area contributed by atoms with Crippen molar-refractivity contribution in [3.05, 3.63) is 0 Å². The van der Waals surface area contributed by atoms with Crippen LogP contribution in [0, 0.1) is 0 Å². The van der Waals surface area contributed by atoms with Crippen LogP contribution in [0.1, 0.15) is 187 Å². The number of hydrogen-bond donors (Lipinski definition) is 1. The summed E-state index contributed by atoms with van der Waals surface area (Å²) in [6.45, 7) is 2.87. The van der Waals surface area contributed by atoms with Crippen molar-refractivity contribution in [3.8, 4) is 0 Å². The van der Waals surface area contributed by atoms with Crippen molar-refractivity contribution in [1.82, 2.24) is 0 Å². The summed E-state index contributed by atoms with van der Waals surface area (Å²) < 4.78 is 5.03. The zero-order chi connectivity index (χ0) is 25.5. The maximum absolute atomic E-state index is 11.0. The van der Waals surface area contributed by atoms with E-state index in [0.717, 1.165) is 6.42 Å². The minimum atomic E-state index is -0.196. The predicted octanol–water partition coefficient (Wildman–Crippen LogP) is 11.4. The molecule has 35 heavy (non-hydrogen) atoms. The zero-order valence-corrected chi connectivity index (χ0v) is 24.9. The van der Waals surface area contributed by atoms with Crippen LogP contribution in [0.3, 0.4) is 0 Å². The molecule has 0 aliphatic rings. The summed E-state index contributed by atoms with van der Waals surface area (Å²) in [5, 5.41) is 0. The largest absolute Gasteiger partial charge is 0.465 e. The Morgan fingerprint density at radius 3 is 0.886 bits per heavy atom. The lowest BCUT2D eigenvalue weighted by Crippen LogP contribution is -2.06. The molecular formula is C32H64O2S. The van der Waals surface area contributed by atoms with Gasteiger partial charge in [0.1, 0.15) is 0 Å². The summed E-state index contributed by atoms with van der Waals surface area (Å²) in [7, 11) is 0. The van der Waals surface area contributed by atoms with Gasteiger partial charge in [0, 0.05) is 0 Å². The van der Waals surface area contributed by atoms with Crippen LogP contribution in [-0.4, -0.2) is 18.3 Å². The van der Waals surface area contributed by atoms with Gasteiger partial charge in [-0.3, -0.25) is 4.79 Å². The fourth-order valence-corrected chi connectivity index (χ4v) is 5.09. The van der Waals surface area contributed by atoms with Crippen LogP contribution in [0.2, 0.25) is 0 Å². The average molecular weight is 513 g/mol. The molecule has 0 heterocycles. The molecule has 0 spiro atoms. The van der Waals surface area contributed by atoms with Gasteiger partial charge in [0.05, 0.1) is 12.4 Å². The fourth-order valence-electron chi connectivity index (χ4n) is 5.00. The van der Waals surface area contributed by atoms with Crippen LogP contribution >= 0.6 is 12.6 Å². The molecule has 210 valence electrons. The number of unbranched alkanes of at least 4 members (excludes halogenated alkanes) is 27. The van der Waals surface area contributed by atoms with Crippen molar-refractivity contribution in [3.63, 3.8) is 0 Å². The quantitative estimate of drug-likeness (QED) is 0.0588. The van der Waals surface area contributed by atoms with E-state index in [1.807, 2.05) is 0 Å². The third kappa shape index (κ3) is 31.8. The number of rotatable bonds is 30. The molecule has 0 saturated heterocycles. The first kappa shape index (κ1) is 34.8. The van der Waals surface area contributed by atoms with Crippen molar-refractivity contribution in [1.29, 1.82) is 0 Å². The summed E-state index contributed by atoms with van der Waals surface area (Å²) in [6.07, 6.45) is 39.6. The van der Waals surface area contributed by atoms with E-state index in [1.54, 1.807) is 0 Å². The van der Waals surface area contributed by atoms with Gasteiger partial charge in [0.25, 0.3) is 0 Å². The van der Waals surface area contributed by atoms with E-state index in [0.29, 0.717) is 6.61 Å². The molecule has 0 aromatic carbocycles. The van der Waals surface area contributed by atoms with Gasteiger partial charge >= 0.3 is 5.97 Å². The molecule has 0 unspecified atom stereocenters. The third-order valence-corrected chi connectivity index (χ3v) is 7.65. The molecule has 0 bridgehead atoms. The summed E-state index contributed by atoms with van der Waals surface area (Å²) >= 11 is 3.90. The molecule has 0 amide bonds. The van der Waals surface area contributed by atoms with E-state index >= 15 is 0 Å². The minimum absolute atomic E-state index is 0.194. The van der Waals surface area contributed by atoms with E-state index in [2.05, 4.69) is 19.6 Å². The number of hydrogen-bond acceptors (Lipinski definition) is 3. The van der Waals surface area contributed by atoms with Crippen molar-refractivity contribution >= 4 is 18.6 Å². The SMILES string of the molecule is CCCCCCCCCCCCCCCCCCCCCCCCCCCCCCOC(=O)CS. The highest BCUT2D eigenvalue weighted by Gasteiger charge is 1.99. The molecule has 0 radical (unpaired) electrons. The molecular weight excluding hydrogens is 448 g/mol. The predicted molar refractivity (Wildman–Crippen MR) is 160 cm³/mol. The van der Waals surface area contributed by atoms with Crippen molar-refractivity contribution < 1.29 is 9.53 Å². The van der Waals surface area contributed by atoms with Crippen LogP contribution < -0.4 is 0 Å². The lowest BCUT2D eigenvalue weighted by Gasteiger charge is -2.05. The van der Waals surface area contributed by atoms with E-state index in [4.69, 9.17) is 4.74 Å². The first-order chi connectivity index (χ1) is 17.3. The first-order valence-electron chi connectivity index (χ1n) is 16.1. The van der Waals surface area contributed by atoms with E-state index < -0.39 is 0 Å². The lowest BCUT2D eigenvalue weighted by molar-refractivity contribution is -0.140. The van der Waals surface area contributed by atoms with Gasteiger partial charge in [0.15, 0.2) is 0 Å². The number of thiol groups is 1. The Balaban J connectivity index is 3.02. The van der Waals surface area contributed by atoms with Gasteiger partial charge in [-0.1, -0.05) is 180 Å². The van der Waals surface area contributed by atoms with Crippen LogP contribution in [0.5, 0.6) is 0 Å². The molecule has 0 aromatic heterocycles. The highest BCUT2D eigenvalue weighted by Crippen LogP contribution is 2.16. The highest BCUT2D eigenvalue weighted by molar-refractivity contribution is 7.81. The Morgan fingerprint density at radius 1 is 0.429 bits per heavy atom. The number of carbonyl (C=O) groups excluding carboxylic acids is 1. The maximum atomic E-state index is 11.0. The van der Waals surface area contributed by atoms with Crippen molar-refractivity contribution in [2.75, 3.05) is 12.4 Å². The second kappa shape index (κ2) is 31.8. The summed E-state index contributed by atoms with van der Waals surface area (Å²) in [5.74, 6) is -0.00198. The van der Waals surface area contributed by atoms with Crippen molar-refractivity contribution in [2.24, 2.45) is 0 Å². The van der Waals surface area contributed by atoms with Gasteiger partial charge in [-0.15, -0.1) is 0 Å². The molecule has 3 heteroatoms. The fraction of sp³-hybridized carbons (Fsp3) is 0.969. The highest BCUT2D eigenvalue weighted by atomic mass is 32.1. The van der Waals surface area contributed by atoms with Gasteiger partial charge < -0.3 is 4.74 Å². The van der Waals surface area contributed by atoms with Crippen LogP contribution in [0.15, 0.2) is 0 Å². The number of ether oxygens (including phenoxy) is 1. The molecule has 0 atom stereocenters. The molecule has 0 aromatic rings. The normalized spacial score (nSPS) is 11.3. The molecule has 0 N–H and O–H groups in total. The smallest absolute Gasteiger partial charge is 0.315 e. The third-order valence-electron chi connectivity index (χ3n) is 7.39. The van der Waals surface area contributed by atoms with Gasteiger partial charge in [-0.2, -0.15) is 12.6 Å². The summed E-state index contributed by atoms with van der Waals surface area (Å²) in [4.78, 5) is 11.0. The topological polar surface area (TPSA) is 26.3 Å². The Labute approximate surface area is 226 Å². The number of esters is 1. The standard InChI is InChI=1S/C32H64O2S/c1-2-3-4-5-6-7-8-9-10-11-12-13-14-15-16-17-18-19-20-21-22-23-24-25-26-27-28-29-30-34-32(33)31-35/h35H,2-31H2,1H3. The van der Waals surface area contributed by atoms with Gasteiger partial charge in [-0.25, -0.2) is 0 Å². The van der Waals surface area contributed by atoms with E-state index in [1.165, 1.54) is 173 Å². The Hall–Kier alpha value is -0.180. The Morgan fingerprint density at radius 2 is 0.657 bits per heavy atom. The van der Waals surface area contributed by atoms with Crippen molar-refractivity contribution in [2.45, 2.75) is 187 Å². The molecule has 2 nitrogen and oxygen atoms in total. The molecule has 0 fully saturated rings. The first-order valence-corrected chi connectivity index (χ1v) is 16.7. The second-order valence-electron chi connectivity index (χ2n) is 10.9. The average Bonchev–Trinajstić information content (AvgIpc) is 2.87. The molecule has 0 saturated carbocycles. The summed E-state index contributed by atoms with van der Waals surface area (Å²) in [6, 6.07) is 0. The van der Waals surface area contributed by atoms with E-state index in [9.17, 15) is 4.79 Å².